The second-order valence-corrected chi connectivity index (χ2v) is 9.26. The topological polar surface area (TPSA) is 75.7 Å². The second-order valence-electron chi connectivity index (χ2n) is 6.99. The summed E-state index contributed by atoms with van der Waals surface area (Å²) in [5.41, 5.74) is 2.17. The lowest BCUT2D eigenvalue weighted by molar-refractivity contribution is -0.122. The highest BCUT2D eigenvalue weighted by atomic mass is 35.5. The fraction of sp³-hybridized carbons (Fsp3) is 0.381. The van der Waals surface area contributed by atoms with Gasteiger partial charge in [0.2, 0.25) is 15.9 Å². The van der Waals surface area contributed by atoms with Gasteiger partial charge in [-0.3, -0.25) is 9.10 Å². The first-order valence-corrected chi connectivity index (χ1v) is 11.7. The van der Waals surface area contributed by atoms with Crippen molar-refractivity contribution in [2.24, 2.45) is 0 Å². The van der Waals surface area contributed by atoms with Crippen LogP contribution in [0.5, 0.6) is 5.75 Å². The van der Waals surface area contributed by atoms with Gasteiger partial charge in [-0.1, -0.05) is 30.7 Å². The van der Waals surface area contributed by atoms with Gasteiger partial charge >= 0.3 is 0 Å². The number of hydrogen-bond acceptors (Lipinski definition) is 4. The van der Waals surface area contributed by atoms with Crippen molar-refractivity contribution in [3.05, 3.63) is 58.4 Å². The second kappa shape index (κ2) is 10.1. The lowest BCUT2D eigenvalue weighted by Crippen LogP contribution is -2.50. The molecule has 0 saturated heterocycles. The summed E-state index contributed by atoms with van der Waals surface area (Å²) in [6.45, 7) is 6.01. The molecule has 0 bridgehead atoms. The molecule has 6 nitrogen and oxygen atoms in total. The number of halogens is 2. The third kappa shape index (κ3) is 6.09. The molecule has 0 aliphatic heterocycles. The molecule has 164 valence electrons. The molecule has 1 N–H and O–H groups in total. The largest absolute Gasteiger partial charge is 0.491 e. The molecule has 0 radical (unpaired) electrons. The summed E-state index contributed by atoms with van der Waals surface area (Å²) in [6, 6.07) is 8.38. The molecule has 0 aromatic heterocycles. The molecule has 0 aliphatic rings. The van der Waals surface area contributed by atoms with Crippen LogP contribution in [0.2, 0.25) is 5.02 Å². The number of sulfonamides is 1. The van der Waals surface area contributed by atoms with Crippen molar-refractivity contribution in [2.75, 3.05) is 23.7 Å². The molecule has 2 aromatic carbocycles. The van der Waals surface area contributed by atoms with Crippen LogP contribution in [-0.2, 0) is 14.8 Å². The molecule has 1 amide bonds. The smallest absolute Gasteiger partial charge is 0.244 e. The Morgan fingerprint density at radius 3 is 2.53 bits per heavy atom. The summed E-state index contributed by atoms with van der Waals surface area (Å²) in [7, 11) is -3.83. The highest BCUT2D eigenvalue weighted by molar-refractivity contribution is 7.92. The SMILES string of the molecule is CCC(C(=O)NCCOc1cc(C)ccc1C)N(c1ccc(F)c(Cl)c1)S(C)(=O)=O. The van der Waals surface area contributed by atoms with Crippen LogP contribution in [0, 0.1) is 19.7 Å². The summed E-state index contributed by atoms with van der Waals surface area (Å²) in [6.07, 6.45) is 1.20. The van der Waals surface area contributed by atoms with Gasteiger partial charge in [-0.2, -0.15) is 0 Å². The van der Waals surface area contributed by atoms with Crippen molar-refractivity contribution in [1.29, 1.82) is 0 Å². The zero-order valence-electron chi connectivity index (χ0n) is 17.4. The van der Waals surface area contributed by atoms with Gasteiger partial charge in [0.1, 0.15) is 24.2 Å². The maximum Gasteiger partial charge on any atom is 0.244 e. The first-order valence-electron chi connectivity index (χ1n) is 9.46. The van der Waals surface area contributed by atoms with Crippen LogP contribution < -0.4 is 14.4 Å². The molecular weight excluding hydrogens is 431 g/mol. The molecule has 0 saturated carbocycles. The van der Waals surface area contributed by atoms with Gasteiger partial charge in [0.15, 0.2) is 0 Å². The van der Waals surface area contributed by atoms with E-state index in [1.165, 1.54) is 12.1 Å². The molecule has 30 heavy (non-hydrogen) atoms. The molecule has 0 heterocycles. The van der Waals surface area contributed by atoms with Crippen LogP contribution in [0.15, 0.2) is 36.4 Å². The molecule has 9 heteroatoms. The number of nitrogens with one attached hydrogen (secondary N) is 1. The average Bonchev–Trinajstić information content (AvgIpc) is 2.67. The van der Waals surface area contributed by atoms with Crippen molar-refractivity contribution >= 4 is 33.2 Å². The molecule has 1 atom stereocenters. The molecule has 2 rings (SSSR count). The number of ether oxygens (including phenoxy) is 1. The van der Waals surface area contributed by atoms with E-state index in [2.05, 4.69) is 5.32 Å². The summed E-state index contributed by atoms with van der Waals surface area (Å²) in [4.78, 5) is 12.7. The fourth-order valence-electron chi connectivity index (χ4n) is 3.00. The Morgan fingerprint density at radius 2 is 1.93 bits per heavy atom. The summed E-state index contributed by atoms with van der Waals surface area (Å²) in [5, 5.41) is 2.49. The zero-order valence-corrected chi connectivity index (χ0v) is 19.0. The number of rotatable bonds is 9. The standard InChI is InChI=1S/C21H26ClFN2O4S/c1-5-19(25(30(4,27)28)16-8-9-18(23)17(22)13-16)21(26)24-10-11-29-20-12-14(2)6-7-15(20)3/h6-9,12-13,19H,5,10-11H2,1-4H3,(H,24,26). The van der Waals surface area contributed by atoms with Crippen LogP contribution in [0.4, 0.5) is 10.1 Å². The van der Waals surface area contributed by atoms with E-state index < -0.39 is 27.8 Å². The average molecular weight is 457 g/mol. The molecular formula is C21H26ClFN2O4S. The van der Waals surface area contributed by atoms with E-state index in [4.69, 9.17) is 16.3 Å². The quantitative estimate of drug-likeness (QED) is 0.582. The first kappa shape index (κ1) is 24.0. The highest BCUT2D eigenvalue weighted by Gasteiger charge is 2.31. The summed E-state index contributed by atoms with van der Waals surface area (Å²) in [5.74, 6) is -0.419. The normalized spacial score (nSPS) is 12.3. The van der Waals surface area contributed by atoms with Crippen LogP contribution in [0.1, 0.15) is 24.5 Å². The van der Waals surface area contributed by atoms with Crippen molar-refractivity contribution < 1.29 is 22.3 Å². The Hall–Kier alpha value is -2.32. The van der Waals surface area contributed by atoms with E-state index in [9.17, 15) is 17.6 Å². The number of amides is 1. The van der Waals surface area contributed by atoms with Crippen LogP contribution >= 0.6 is 11.6 Å². The molecule has 1 unspecified atom stereocenters. The predicted molar refractivity (Wildman–Crippen MR) is 117 cm³/mol. The zero-order chi connectivity index (χ0) is 22.5. The summed E-state index contributed by atoms with van der Waals surface area (Å²) >= 11 is 5.81. The Balaban J connectivity index is 2.10. The van der Waals surface area contributed by atoms with Crippen molar-refractivity contribution in [1.82, 2.24) is 5.32 Å². The molecule has 0 fully saturated rings. The van der Waals surface area contributed by atoms with Gasteiger partial charge in [-0.05, 0) is 55.7 Å². The van der Waals surface area contributed by atoms with Crippen LogP contribution in [-0.4, -0.2) is 39.8 Å². The van der Waals surface area contributed by atoms with Crippen molar-refractivity contribution in [3.63, 3.8) is 0 Å². The third-order valence-corrected chi connectivity index (χ3v) is 5.96. The van der Waals surface area contributed by atoms with E-state index >= 15 is 0 Å². The number of benzene rings is 2. The van der Waals surface area contributed by atoms with Gasteiger partial charge in [0.25, 0.3) is 0 Å². The minimum atomic E-state index is -3.83. The van der Waals surface area contributed by atoms with E-state index in [1.807, 2.05) is 32.0 Å². The molecule has 0 aliphatic carbocycles. The summed E-state index contributed by atoms with van der Waals surface area (Å²) < 4.78 is 45.0. The Morgan fingerprint density at radius 1 is 1.23 bits per heavy atom. The van der Waals surface area contributed by atoms with Crippen LogP contribution in [0.25, 0.3) is 0 Å². The van der Waals surface area contributed by atoms with Gasteiger partial charge in [-0.25, -0.2) is 12.8 Å². The van der Waals surface area contributed by atoms with Gasteiger partial charge in [0.05, 0.1) is 23.5 Å². The number of hydrogen-bond donors (Lipinski definition) is 1. The van der Waals surface area contributed by atoms with Crippen molar-refractivity contribution in [2.45, 2.75) is 33.2 Å². The van der Waals surface area contributed by atoms with E-state index in [0.717, 1.165) is 33.5 Å². The van der Waals surface area contributed by atoms with Gasteiger partial charge < -0.3 is 10.1 Å². The number of carbonyl (C=O) groups excluding carboxylic acids is 1. The molecule has 2 aromatic rings. The van der Waals surface area contributed by atoms with E-state index in [0.29, 0.717) is 0 Å². The van der Waals surface area contributed by atoms with E-state index in [1.54, 1.807) is 6.92 Å². The maximum absolute atomic E-state index is 13.5. The minimum absolute atomic E-state index is 0.123. The lowest BCUT2D eigenvalue weighted by atomic mass is 10.1. The van der Waals surface area contributed by atoms with E-state index in [-0.39, 0.29) is 30.3 Å². The van der Waals surface area contributed by atoms with Gasteiger partial charge in [-0.15, -0.1) is 0 Å². The fourth-order valence-corrected chi connectivity index (χ4v) is 4.38. The lowest BCUT2D eigenvalue weighted by Gasteiger charge is -2.30. The number of nitrogens with zero attached hydrogens (tertiary/aromatic N) is 1. The number of carbonyl (C=O) groups is 1. The highest BCUT2D eigenvalue weighted by Crippen LogP contribution is 2.27. The number of anilines is 1. The monoisotopic (exact) mass is 456 g/mol. The van der Waals surface area contributed by atoms with Crippen LogP contribution in [0.3, 0.4) is 0 Å². The minimum Gasteiger partial charge on any atom is -0.491 e. The van der Waals surface area contributed by atoms with Crippen molar-refractivity contribution in [3.8, 4) is 5.75 Å². The Kier molecular flexibility index (Phi) is 8.09. The Labute approximate surface area is 182 Å². The first-order chi connectivity index (χ1) is 14.0. The molecule has 0 spiro atoms. The third-order valence-electron chi connectivity index (χ3n) is 4.49. The maximum atomic E-state index is 13.5. The van der Waals surface area contributed by atoms with Gasteiger partial charge in [0, 0.05) is 0 Å². The number of aryl methyl sites for hydroxylation is 2. The Bertz CT molecular complexity index is 1010. The predicted octanol–water partition coefficient (Wildman–Crippen LogP) is 3.84.